The minimum absolute atomic E-state index is 0.0487. The Morgan fingerprint density at radius 1 is 0.889 bits per heavy atom. The van der Waals surface area contributed by atoms with Crippen molar-refractivity contribution in [3.05, 3.63) is 17.7 Å². The van der Waals surface area contributed by atoms with Gasteiger partial charge in [0.15, 0.2) is 11.5 Å². The Bertz CT molecular complexity index is 675. The van der Waals surface area contributed by atoms with Crippen LogP contribution in [0.5, 0.6) is 17.2 Å². The largest absolute Gasteiger partial charge is 0.490 e. The van der Waals surface area contributed by atoms with Crippen LogP contribution in [0, 0.1) is 0 Å². The maximum Gasteiger partial charge on any atom is 0.327 e. The highest BCUT2D eigenvalue weighted by molar-refractivity contribution is 6.35. The summed E-state index contributed by atoms with van der Waals surface area (Å²) in [6.45, 7) is 6.58. The van der Waals surface area contributed by atoms with E-state index < -0.39 is 17.7 Å². The van der Waals surface area contributed by atoms with Gasteiger partial charge in [0.2, 0.25) is 5.75 Å². The first-order chi connectivity index (χ1) is 13.0. The Balaban J connectivity index is 2.11. The van der Waals surface area contributed by atoms with E-state index in [1.54, 1.807) is 0 Å². The van der Waals surface area contributed by atoms with Crippen molar-refractivity contribution in [1.82, 2.24) is 16.2 Å². The van der Waals surface area contributed by atoms with Gasteiger partial charge in [0.25, 0.3) is 5.91 Å². The molecule has 148 valence electrons. The fourth-order valence-corrected chi connectivity index (χ4v) is 2.24. The molecule has 3 amide bonds. The number of benzene rings is 1. The van der Waals surface area contributed by atoms with E-state index >= 15 is 0 Å². The van der Waals surface area contributed by atoms with Crippen LogP contribution in [-0.2, 0) is 9.59 Å². The van der Waals surface area contributed by atoms with Crippen LogP contribution in [0.4, 0.5) is 0 Å². The second kappa shape index (κ2) is 9.65. The number of ether oxygens (including phenoxy) is 3. The predicted octanol–water partition coefficient (Wildman–Crippen LogP) is 0.922. The molecule has 0 radical (unpaired) electrons. The average Bonchev–Trinajstić information content (AvgIpc) is 3.46. The summed E-state index contributed by atoms with van der Waals surface area (Å²) in [6.07, 6.45) is 1.72. The second-order valence-corrected chi connectivity index (χ2v) is 5.76. The fraction of sp³-hybridized carbons (Fsp3) is 0.500. The van der Waals surface area contributed by atoms with E-state index in [9.17, 15) is 14.4 Å². The first-order valence-electron chi connectivity index (χ1n) is 8.97. The Morgan fingerprint density at radius 2 is 1.44 bits per heavy atom. The van der Waals surface area contributed by atoms with Gasteiger partial charge in [-0.2, -0.15) is 0 Å². The third kappa shape index (κ3) is 5.77. The SMILES string of the molecule is CCOc1cc(C(=O)NNC(=O)C(=O)NC2CC2)cc(OCC)c1OCC. The third-order valence-electron chi connectivity index (χ3n) is 3.58. The van der Waals surface area contributed by atoms with E-state index in [2.05, 4.69) is 16.2 Å². The zero-order chi connectivity index (χ0) is 19.8. The predicted molar refractivity (Wildman–Crippen MR) is 96.7 cm³/mol. The molecule has 0 aliphatic heterocycles. The zero-order valence-corrected chi connectivity index (χ0v) is 15.7. The van der Waals surface area contributed by atoms with Crippen LogP contribution in [0.15, 0.2) is 12.1 Å². The number of hydrogen-bond acceptors (Lipinski definition) is 6. The lowest BCUT2D eigenvalue weighted by molar-refractivity contribution is -0.139. The van der Waals surface area contributed by atoms with Gasteiger partial charge >= 0.3 is 11.8 Å². The van der Waals surface area contributed by atoms with Gasteiger partial charge in [0.1, 0.15) is 0 Å². The Kier molecular flexibility index (Phi) is 7.27. The molecule has 27 heavy (non-hydrogen) atoms. The van der Waals surface area contributed by atoms with Crippen molar-refractivity contribution in [1.29, 1.82) is 0 Å². The molecule has 1 aromatic carbocycles. The van der Waals surface area contributed by atoms with E-state index in [4.69, 9.17) is 14.2 Å². The van der Waals surface area contributed by atoms with Gasteiger partial charge in [0, 0.05) is 11.6 Å². The minimum atomic E-state index is -0.934. The Hall–Kier alpha value is -2.97. The number of amides is 3. The lowest BCUT2D eigenvalue weighted by atomic mass is 10.1. The molecule has 0 saturated heterocycles. The van der Waals surface area contributed by atoms with Gasteiger partial charge in [-0.05, 0) is 45.7 Å². The monoisotopic (exact) mass is 379 g/mol. The summed E-state index contributed by atoms with van der Waals surface area (Å²) in [4.78, 5) is 35.7. The molecule has 9 heteroatoms. The van der Waals surface area contributed by atoms with Crippen molar-refractivity contribution in [3.63, 3.8) is 0 Å². The normalized spacial score (nSPS) is 12.7. The van der Waals surface area contributed by atoms with Crippen molar-refractivity contribution in [2.75, 3.05) is 19.8 Å². The van der Waals surface area contributed by atoms with E-state index in [-0.39, 0.29) is 11.6 Å². The second-order valence-electron chi connectivity index (χ2n) is 5.76. The van der Waals surface area contributed by atoms with E-state index in [1.165, 1.54) is 12.1 Å². The molecule has 0 bridgehead atoms. The number of hydrazine groups is 1. The molecule has 1 fully saturated rings. The van der Waals surface area contributed by atoms with Crippen LogP contribution < -0.4 is 30.4 Å². The summed E-state index contributed by atoms with van der Waals surface area (Å²) >= 11 is 0. The van der Waals surface area contributed by atoms with Gasteiger partial charge in [-0.3, -0.25) is 25.2 Å². The molecular weight excluding hydrogens is 354 g/mol. The van der Waals surface area contributed by atoms with E-state index in [0.717, 1.165) is 12.8 Å². The van der Waals surface area contributed by atoms with Crippen LogP contribution in [0.25, 0.3) is 0 Å². The molecule has 1 aliphatic rings. The number of carbonyl (C=O) groups is 3. The quantitative estimate of drug-likeness (QED) is 0.457. The molecule has 1 saturated carbocycles. The molecular formula is C18H25N3O6. The summed E-state index contributed by atoms with van der Waals surface area (Å²) < 4.78 is 16.7. The Morgan fingerprint density at radius 3 is 1.93 bits per heavy atom. The number of rotatable bonds is 8. The van der Waals surface area contributed by atoms with E-state index in [1.807, 2.05) is 20.8 Å². The highest BCUT2D eigenvalue weighted by Crippen LogP contribution is 2.39. The smallest absolute Gasteiger partial charge is 0.327 e. The summed E-state index contributed by atoms with van der Waals surface area (Å²) in [6, 6.07) is 3.03. The maximum atomic E-state index is 12.4. The van der Waals surface area contributed by atoms with Crippen LogP contribution in [-0.4, -0.2) is 43.6 Å². The van der Waals surface area contributed by atoms with Crippen molar-refractivity contribution in [2.24, 2.45) is 0 Å². The molecule has 9 nitrogen and oxygen atoms in total. The van der Waals surface area contributed by atoms with E-state index in [0.29, 0.717) is 37.1 Å². The maximum absolute atomic E-state index is 12.4. The molecule has 0 atom stereocenters. The molecule has 0 aromatic heterocycles. The van der Waals surface area contributed by atoms with Crippen molar-refractivity contribution >= 4 is 17.7 Å². The molecule has 0 spiro atoms. The summed E-state index contributed by atoms with van der Waals surface area (Å²) in [7, 11) is 0. The van der Waals surface area contributed by atoms with Gasteiger partial charge < -0.3 is 19.5 Å². The summed E-state index contributed by atoms with van der Waals surface area (Å²) in [5.74, 6) is -1.22. The lowest BCUT2D eigenvalue weighted by Gasteiger charge is -2.17. The topological polar surface area (TPSA) is 115 Å². The van der Waals surface area contributed by atoms with Crippen molar-refractivity contribution < 1.29 is 28.6 Å². The highest BCUT2D eigenvalue weighted by atomic mass is 16.5. The number of carbonyl (C=O) groups excluding carboxylic acids is 3. The molecule has 0 unspecified atom stereocenters. The number of hydrogen-bond donors (Lipinski definition) is 3. The zero-order valence-electron chi connectivity index (χ0n) is 15.7. The highest BCUT2D eigenvalue weighted by Gasteiger charge is 2.26. The van der Waals surface area contributed by atoms with Crippen LogP contribution in [0.3, 0.4) is 0 Å². The molecule has 1 aliphatic carbocycles. The first-order valence-corrected chi connectivity index (χ1v) is 8.97. The fourth-order valence-electron chi connectivity index (χ4n) is 2.24. The first kappa shape index (κ1) is 20.3. The lowest BCUT2D eigenvalue weighted by Crippen LogP contribution is -2.49. The Labute approximate surface area is 157 Å². The van der Waals surface area contributed by atoms with Gasteiger partial charge in [0.05, 0.1) is 19.8 Å². The molecule has 0 heterocycles. The van der Waals surface area contributed by atoms with Crippen LogP contribution in [0.1, 0.15) is 44.0 Å². The number of nitrogens with one attached hydrogen (secondary N) is 3. The van der Waals surface area contributed by atoms with Gasteiger partial charge in [-0.15, -0.1) is 0 Å². The standard InChI is InChI=1S/C18H25N3O6/c1-4-25-13-9-11(10-14(26-5-2)15(13)27-6-3)16(22)20-21-18(24)17(23)19-12-7-8-12/h9-10,12H,4-8H2,1-3H3,(H,19,23)(H,20,22)(H,21,24). The van der Waals surface area contributed by atoms with Crippen LogP contribution >= 0.6 is 0 Å². The summed E-state index contributed by atoms with van der Waals surface area (Å²) in [5.41, 5.74) is 4.49. The molecule has 3 N–H and O–H groups in total. The molecule has 1 aromatic rings. The van der Waals surface area contributed by atoms with Crippen molar-refractivity contribution in [2.45, 2.75) is 39.7 Å². The minimum Gasteiger partial charge on any atom is -0.490 e. The summed E-state index contributed by atoms with van der Waals surface area (Å²) in [5, 5.41) is 2.53. The third-order valence-corrected chi connectivity index (χ3v) is 3.58. The van der Waals surface area contributed by atoms with Gasteiger partial charge in [-0.1, -0.05) is 0 Å². The molecule has 2 rings (SSSR count). The average molecular weight is 379 g/mol. The van der Waals surface area contributed by atoms with Crippen molar-refractivity contribution in [3.8, 4) is 17.2 Å². The van der Waals surface area contributed by atoms with Crippen LogP contribution in [0.2, 0.25) is 0 Å². The van der Waals surface area contributed by atoms with Gasteiger partial charge in [-0.25, -0.2) is 0 Å².